The van der Waals surface area contributed by atoms with Gasteiger partial charge in [0.2, 0.25) is 0 Å². The van der Waals surface area contributed by atoms with Gasteiger partial charge in [-0.15, -0.1) is 15.9 Å². The molecule has 5 rings (SSSR count). The molecule has 0 radical (unpaired) electrons. The second-order valence-electron chi connectivity index (χ2n) is 10.6. The average molecular weight is 596 g/mol. The molecule has 0 bridgehead atoms. The summed E-state index contributed by atoms with van der Waals surface area (Å²) in [4.78, 5) is 12.3. The zero-order valence-corrected chi connectivity index (χ0v) is 24.8. The maximum absolute atomic E-state index is 12.0. The molecule has 2 atom stereocenters. The Balaban J connectivity index is 1.47. The van der Waals surface area contributed by atoms with E-state index in [2.05, 4.69) is 10.3 Å². The lowest BCUT2D eigenvalue weighted by molar-refractivity contribution is -0.137. The first-order valence-electron chi connectivity index (χ1n) is 13.8. The normalized spacial score (nSPS) is 18.1. The van der Waals surface area contributed by atoms with Gasteiger partial charge in [-0.1, -0.05) is 35.5 Å². The van der Waals surface area contributed by atoms with E-state index >= 15 is 0 Å². The number of fused-ring (bicyclic) bond motifs is 2. The van der Waals surface area contributed by atoms with Gasteiger partial charge in [0.05, 0.1) is 20.1 Å². The highest BCUT2D eigenvalue weighted by molar-refractivity contribution is 8.22. The standard InChI is InChI=1S/C30H37N5O6S/c1-19-17-35(42(38,39)28-10-9-20(7-5-11-31)13-26(28)41-19)18-21-6-4-8-22(12-21)24(16-29(36)37)23-14-25-30(27(15-23)40-3)34(2)33-32-25/h4,6,8-10,12-15,19,24,38-39H,5,7,11,16-18,31H2,1-3H3,(H,36,37). The van der Waals surface area contributed by atoms with Gasteiger partial charge in [-0.3, -0.25) is 13.9 Å². The van der Waals surface area contributed by atoms with Crippen LogP contribution in [0.2, 0.25) is 0 Å². The molecule has 1 aliphatic rings. The number of nitrogens with zero attached hydrogens (tertiary/aromatic N) is 4. The Morgan fingerprint density at radius 1 is 1.17 bits per heavy atom. The molecule has 0 saturated heterocycles. The van der Waals surface area contributed by atoms with Crippen LogP contribution in [0.5, 0.6) is 11.5 Å². The number of nitrogens with two attached hydrogens (primary N) is 1. The van der Waals surface area contributed by atoms with Crippen LogP contribution in [0.4, 0.5) is 0 Å². The number of aryl methyl sites for hydroxylation is 2. The molecular formula is C30H37N5O6S. The third-order valence-corrected chi connectivity index (χ3v) is 9.45. The second kappa shape index (κ2) is 12.3. The number of ether oxygens (including phenoxy) is 2. The molecule has 0 amide bonds. The number of aliphatic carboxylic acids is 1. The molecule has 0 fully saturated rings. The Morgan fingerprint density at radius 2 is 1.98 bits per heavy atom. The Kier molecular flexibility index (Phi) is 8.71. The van der Waals surface area contributed by atoms with Gasteiger partial charge in [0, 0.05) is 19.5 Å². The van der Waals surface area contributed by atoms with Crippen LogP contribution in [0.15, 0.2) is 59.5 Å². The van der Waals surface area contributed by atoms with Crippen molar-refractivity contribution in [2.24, 2.45) is 12.8 Å². The number of hydrogen-bond donors (Lipinski definition) is 4. The third-order valence-electron chi connectivity index (χ3n) is 7.52. The van der Waals surface area contributed by atoms with Crippen LogP contribution in [-0.4, -0.2) is 65.8 Å². The molecule has 42 heavy (non-hydrogen) atoms. The summed E-state index contributed by atoms with van der Waals surface area (Å²) in [5, 5.41) is 18.1. The highest BCUT2D eigenvalue weighted by atomic mass is 32.3. The van der Waals surface area contributed by atoms with Crippen molar-refractivity contribution in [2.75, 3.05) is 20.2 Å². The molecule has 1 aromatic heterocycles. The van der Waals surface area contributed by atoms with E-state index in [0.717, 1.165) is 40.6 Å². The van der Waals surface area contributed by atoms with E-state index in [-0.39, 0.29) is 19.1 Å². The van der Waals surface area contributed by atoms with E-state index in [1.807, 2.05) is 55.5 Å². The molecular weight excluding hydrogens is 558 g/mol. The van der Waals surface area contributed by atoms with Gasteiger partial charge in [0.1, 0.15) is 33.5 Å². The van der Waals surface area contributed by atoms with Gasteiger partial charge in [0.25, 0.3) is 0 Å². The first kappa shape index (κ1) is 29.8. The largest absolute Gasteiger partial charge is 0.494 e. The van der Waals surface area contributed by atoms with Crippen molar-refractivity contribution < 1.29 is 28.5 Å². The van der Waals surface area contributed by atoms with Crippen LogP contribution in [0, 0.1) is 0 Å². The lowest BCUT2D eigenvalue weighted by atomic mass is 9.87. The number of carboxylic acid groups (broad SMARTS) is 1. The molecule has 224 valence electrons. The molecule has 0 aliphatic carbocycles. The van der Waals surface area contributed by atoms with E-state index in [0.29, 0.717) is 35.0 Å². The number of aromatic nitrogens is 3. The maximum Gasteiger partial charge on any atom is 0.304 e. The zero-order valence-electron chi connectivity index (χ0n) is 23.9. The number of rotatable bonds is 10. The summed E-state index contributed by atoms with van der Waals surface area (Å²) in [6.07, 6.45) is 1.16. The minimum atomic E-state index is -3.37. The van der Waals surface area contributed by atoms with E-state index in [1.54, 1.807) is 29.2 Å². The van der Waals surface area contributed by atoms with Crippen molar-refractivity contribution in [1.29, 1.82) is 0 Å². The molecule has 12 heteroatoms. The van der Waals surface area contributed by atoms with Crippen molar-refractivity contribution >= 4 is 27.8 Å². The van der Waals surface area contributed by atoms with Crippen molar-refractivity contribution in [2.45, 2.75) is 49.6 Å². The topological polar surface area (TPSA) is 156 Å². The van der Waals surface area contributed by atoms with Crippen LogP contribution in [0.3, 0.4) is 0 Å². The first-order chi connectivity index (χ1) is 20.1. The lowest BCUT2D eigenvalue weighted by Crippen LogP contribution is -2.33. The smallest absolute Gasteiger partial charge is 0.304 e. The molecule has 3 aromatic carbocycles. The molecule has 0 spiro atoms. The van der Waals surface area contributed by atoms with E-state index < -0.39 is 22.7 Å². The van der Waals surface area contributed by atoms with Crippen LogP contribution in [0.1, 0.15) is 47.9 Å². The fourth-order valence-electron chi connectivity index (χ4n) is 5.52. The zero-order chi connectivity index (χ0) is 30.0. The van der Waals surface area contributed by atoms with Gasteiger partial charge >= 0.3 is 5.97 Å². The summed E-state index contributed by atoms with van der Waals surface area (Å²) < 4.78 is 38.0. The maximum atomic E-state index is 12.0. The van der Waals surface area contributed by atoms with E-state index in [1.165, 1.54) is 0 Å². The van der Waals surface area contributed by atoms with Gasteiger partial charge in [0.15, 0.2) is 0 Å². The number of benzene rings is 3. The Morgan fingerprint density at radius 3 is 2.71 bits per heavy atom. The number of carbonyl (C=O) groups is 1. The summed E-state index contributed by atoms with van der Waals surface area (Å²) in [7, 11) is -0.0384. The predicted molar refractivity (Wildman–Crippen MR) is 161 cm³/mol. The average Bonchev–Trinajstić information content (AvgIpc) is 3.30. The fraction of sp³-hybridized carbons (Fsp3) is 0.367. The van der Waals surface area contributed by atoms with Gasteiger partial charge < -0.3 is 20.3 Å². The van der Waals surface area contributed by atoms with Crippen LogP contribution in [-0.2, 0) is 24.8 Å². The van der Waals surface area contributed by atoms with Gasteiger partial charge in [-0.25, -0.2) is 4.68 Å². The van der Waals surface area contributed by atoms with Crippen molar-refractivity contribution in [3.63, 3.8) is 0 Å². The molecule has 5 N–H and O–H groups in total. The Bertz CT molecular complexity index is 1590. The van der Waals surface area contributed by atoms with Gasteiger partial charge in [-0.05, 0) is 72.8 Å². The van der Waals surface area contributed by atoms with Crippen LogP contribution < -0.4 is 15.2 Å². The van der Waals surface area contributed by atoms with Crippen molar-refractivity contribution in [3.05, 3.63) is 76.9 Å². The van der Waals surface area contributed by atoms with Crippen LogP contribution >= 0.6 is 10.8 Å². The van der Waals surface area contributed by atoms with Crippen LogP contribution in [0.25, 0.3) is 11.0 Å². The number of hydrogen-bond acceptors (Lipinski definition) is 9. The Hall–Kier alpha value is -3.68. The SMILES string of the molecule is COc1cc(C(CC(=O)O)c2cccc(CN3CC(C)Oc4cc(CCCN)ccc4S3(O)O)c2)cc2nnn(C)c12. The predicted octanol–water partition coefficient (Wildman–Crippen LogP) is 4.78. The van der Waals surface area contributed by atoms with Gasteiger partial charge in [-0.2, -0.15) is 4.31 Å². The van der Waals surface area contributed by atoms with Crippen molar-refractivity contribution in [3.8, 4) is 11.5 Å². The van der Waals surface area contributed by atoms with E-state index in [9.17, 15) is 19.0 Å². The lowest BCUT2D eigenvalue weighted by Gasteiger charge is -2.41. The monoisotopic (exact) mass is 595 g/mol. The fourth-order valence-corrected chi connectivity index (χ4v) is 7.17. The van der Waals surface area contributed by atoms with Crippen molar-refractivity contribution in [1.82, 2.24) is 19.3 Å². The summed E-state index contributed by atoms with van der Waals surface area (Å²) in [5.74, 6) is -0.414. The molecule has 2 unspecified atom stereocenters. The minimum absolute atomic E-state index is 0.151. The summed E-state index contributed by atoms with van der Waals surface area (Å²) >= 11 is 0. The highest BCUT2D eigenvalue weighted by Crippen LogP contribution is 2.57. The molecule has 4 aromatic rings. The summed E-state index contributed by atoms with van der Waals surface area (Å²) in [6, 6.07) is 16.7. The molecule has 0 saturated carbocycles. The second-order valence-corrected chi connectivity index (χ2v) is 12.6. The molecule has 2 heterocycles. The molecule has 1 aliphatic heterocycles. The summed E-state index contributed by atoms with van der Waals surface area (Å²) in [5.41, 5.74) is 10.3. The minimum Gasteiger partial charge on any atom is -0.494 e. The number of methoxy groups -OCH3 is 1. The first-order valence-corrected chi connectivity index (χ1v) is 15.3. The quantitative estimate of drug-likeness (QED) is 0.201. The number of carboxylic acids is 1. The highest BCUT2D eigenvalue weighted by Gasteiger charge is 2.34. The third kappa shape index (κ3) is 6.08. The summed E-state index contributed by atoms with van der Waals surface area (Å²) in [6.45, 7) is 2.99. The Labute approximate surface area is 246 Å². The van der Waals surface area contributed by atoms with E-state index in [4.69, 9.17) is 15.2 Å². The molecule has 11 nitrogen and oxygen atoms in total.